The molecule has 0 unspecified atom stereocenters. The Morgan fingerprint density at radius 1 is 0.909 bits per heavy atom. The van der Waals surface area contributed by atoms with Gasteiger partial charge in [-0.1, -0.05) is 12.1 Å². The first-order valence-electron chi connectivity index (χ1n) is 18.7. The van der Waals surface area contributed by atoms with Crippen molar-refractivity contribution in [3.63, 3.8) is 0 Å². The van der Waals surface area contributed by atoms with Gasteiger partial charge in [0.2, 0.25) is 23.6 Å². The van der Waals surface area contributed by atoms with Crippen molar-refractivity contribution in [3.05, 3.63) is 84.4 Å². The average Bonchev–Trinajstić information content (AvgIpc) is 3.19. The SMILES string of the molecule is Cc1c(-c2ccc3cnc(Nc4ccc(CC(=O)N5CCN(C6CN(c7ccc(N8CCC(=O)NC8=O)cc7)C6)CC5)nc4)nc3c2)cnc2c1NCCO2. The van der Waals surface area contributed by atoms with Crippen LogP contribution in [-0.2, 0) is 16.0 Å². The number of benzene rings is 2. The number of imide groups is 1. The van der Waals surface area contributed by atoms with Crippen LogP contribution in [0, 0.1) is 6.92 Å². The van der Waals surface area contributed by atoms with Crippen molar-refractivity contribution in [1.29, 1.82) is 0 Å². The highest BCUT2D eigenvalue weighted by molar-refractivity contribution is 6.05. The molecule has 4 aliphatic heterocycles. The van der Waals surface area contributed by atoms with Gasteiger partial charge in [0.15, 0.2) is 0 Å². The Hall–Kier alpha value is -6.35. The van der Waals surface area contributed by atoms with E-state index in [1.807, 2.05) is 59.6 Å². The minimum atomic E-state index is -0.375. The molecule has 4 amide bonds. The molecule has 15 heteroatoms. The summed E-state index contributed by atoms with van der Waals surface area (Å²) in [5, 5.41) is 9.96. The Balaban J connectivity index is 0.750. The third-order valence-corrected chi connectivity index (χ3v) is 10.9. The summed E-state index contributed by atoms with van der Waals surface area (Å²) < 4.78 is 5.70. The number of urea groups is 1. The van der Waals surface area contributed by atoms with Gasteiger partial charge in [-0.05, 0) is 60.5 Å². The molecular weight excluding hydrogens is 699 g/mol. The van der Waals surface area contributed by atoms with Crippen molar-refractivity contribution in [2.24, 2.45) is 0 Å². The van der Waals surface area contributed by atoms with Crippen LogP contribution < -0.4 is 30.5 Å². The first-order valence-corrected chi connectivity index (χ1v) is 18.7. The summed E-state index contributed by atoms with van der Waals surface area (Å²) in [7, 11) is 0. The van der Waals surface area contributed by atoms with E-state index >= 15 is 0 Å². The zero-order chi connectivity index (χ0) is 37.5. The van der Waals surface area contributed by atoms with E-state index in [4.69, 9.17) is 9.72 Å². The molecule has 3 saturated heterocycles. The Morgan fingerprint density at radius 3 is 2.51 bits per heavy atom. The molecule has 3 N–H and O–H groups in total. The number of piperazine rings is 1. The van der Waals surface area contributed by atoms with Crippen LogP contribution in [0.2, 0.25) is 0 Å². The minimum Gasteiger partial charge on any atom is -0.474 e. The molecule has 0 aliphatic carbocycles. The highest BCUT2D eigenvalue weighted by Crippen LogP contribution is 2.36. The summed E-state index contributed by atoms with van der Waals surface area (Å²) in [6.45, 7) is 8.71. The summed E-state index contributed by atoms with van der Waals surface area (Å²) in [5.74, 6) is 0.937. The van der Waals surface area contributed by atoms with Crippen LogP contribution in [-0.4, -0.2) is 113 Å². The molecule has 280 valence electrons. The molecule has 0 bridgehead atoms. The maximum atomic E-state index is 13.2. The number of fused-ring (bicyclic) bond motifs is 2. The number of anilines is 5. The molecular formula is C40H41N11O4. The van der Waals surface area contributed by atoms with E-state index in [0.717, 1.165) is 83.1 Å². The number of nitrogens with one attached hydrogen (secondary N) is 3. The average molecular weight is 740 g/mol. The lowest BCUT2D eigenvalue weighted by Gasteiger charge is -2.49. The molecule has 0 spiro atoms. The monoisotopic (exact) mass is 739 g/mol. The summed E-state index contributed by atoms with van der Waals surface area (Å²) in [6, 6.07) is 17.9. The Kier molecular flexibility index (Phi) is 9.06. The number of pyridine rings is 2. The molecule has 3 fully saturated rings. The van der Waals surface area contributed by atoms with Crippen LogP contribution in [0.3, 0.4) is 0 Å². The highest BCUT2D eigenvalue weighted by Gasteiger charge is 2.35. The standard InChI is InChI=1S/C40H41N11O4/c1-25-33(22-43-38-37(25)41-11-17-55-38)26-2-3-27-20-44-39(46-34(27)18-26)45-29-5-4-28(42-21-29)19-36(53)49-15-13-48(14-16-49)32-23-50(24-32)30-6-8-31(9-7-30)51-12-10-35(52)47-40(51)54/h2-9,18,20-22,32,41H,10-17,19,23-24H2,1H3,(H,44,45,46)(H,47,52,54). The molecule has 0 atom stereocenters. The maximum absolute atomic E-state index is 13.2. The minimum absolute atomic E-state index is 0.0799. The number of carbonyl (C=O) groups excluding carboxylic acids is 3. The third-order valence-electron chi connectivity index (χ3n) is 10.9. The van der Waals surface area contributed by atoms with Crippen LogP contribution in [0.5, 0.6) is 5.88 Å². The number of nitrogens with zero attached hydrogens (tertiary/aromatic N) is 8. The molecule has 55 heavy (non-hydrogen) atoms. The second-order valence-corrected chi connectivity index (χ2v) is 14.3. The molecule has 5 aromatic rings. The molecule has 0 radical (unpaired) electrons. The van der Waals surface area contributed by atoms with Gasteiger partial charge in [-0.15, -0.1) is 0 Å². The third kappa shape index (κ3) is 7.05. The fraction of sp³-hybridized carbons (Fsp3) is 0.325. The van der Waals surface area contributed by atoms with Gasteiger partial charge >= 0.3 is 6.03 Å². The first-order chi connectivity index (χ1) is 26.8. The summed E-state index contributed by atoms with van der Waals surface area (Å²) in [4.78, 5) is 63.6. The molecule has 15 nitrogen and oxygen atoms in total. The van der Waals surface area contributed by atoms with E-state index in [2.05, 4.69) is 53.7 Å². The second kappa shape index (κ2) is 14.5. The molecule has 9 rings (SSSR count). The molecule has 3 aromatic heterocycles. The van der Waals surface area contributed by atoms with E-state index in [1.165, 1.54) is 0 Å². The quantitative estimate of drug-likeness (QED) is 0.211. The lowest BCUT2D eigenvalue weighted by atomic mass is 10.00. The lowest BCUT2D eigenvalue weighted by Crippen LogP contribution is -2.63. The van der Waals surface area contributed by atoms with Crippen molar-refractivity contribution in [2.45, 2.75) is 25.8 Å². The summed E-state index contributed by atoms with van der Waals surface area (Å²) in [6.07, 6.45) is 5.91. The van der Waals surface area contributed by atoms with Crippen LogP contribution in [0.1, 0.15) is 17.7 Å². The van der Waals surface area contributed by atoms with Gasteiger partial charge in [-0.3, -0.25) is 29.7 Å². The number of carbonyl (C=O) groups is 3. The number of amides is 4. The molecule has 4 aliphatic rings. The van der Waals surface area contributed by atoms with E-state index in [1.54, 1.807) is 17.3 Å². The van der Waals surface area contributed by atoms with Crippen LogP contribution in [0.25, 0.3) is 22.0 Å². The van der Waals surface area contributed by atoms with E-state index in [0.29, 0.717) is 56.2 Å². The number of rotatable bonds is 8. The second-order valence-electron chi connectivity index (χ2n) is 14.3. The number of ether oxygens (including phenoxy) is 1. The highest BCUT2D eigenvalue weighted by atomic mass is 16.5. The Morgan fingerprint density at radius 2 is 1.73 bits per heavy atom. The molecule has 7 heterocycles. The molecule has 0 saturated carbocycles. The largest absolute Gasteiger partial charge is 0.474 e. The predicted molar refractivity (Wildman–Crippen MR) is 209 cm³/mol. The predicted octanol–water partition coefficient (Wildman–Crippen LogP) is 3.96. The van der Waals surface area contributed by atoms with Crippen LogP contribution in [0.4, 0.5) is 33.5 Å². The van der Waals surface area contributed by atoms with Crippen LogP contribution >= 0.6 is 0 Å². The van der Waals surface area contributed by atoms with Gasteiger partial charge in [0, 0.05) is 105 Å². The fourth-order valence-electron chi connectivity index (χ4n) is 7.65. The van der Waals surface area contributed by atoms with Crippen molar-refractivity contribution in [1.82, 2.24) is 35.1 Å². The first kappa shape index (κ1) is 34.4. The van der Waals surface area contributed by atoms with Crippen molar-refractivity contribution >= 4 is 57.4 Å². The smallest absolute Gasteiger partial charge is 0.328 e. The van der Waals surface area contributed by atoms with Gasteiger partial charge < -0.3 is 25.2 Å². The van der Waals surface area contributed by atoms with Crippen molar-refractivity contribution in [2.75, 3.05) is 79.4 Å². The maximum Gasteiger partial charge on any atom is 0.328 e. The Bertz CT molecular complexity index is 2270. The van der Waals surface area contributed by atoms with Crippen molar-refractivity contribution < 1.29 is 19.1 Å². The lowest BCUT2D eigenvalue weighted by molar-refractivity contribution is -0.132. The van der Waals surface area contributed by atoms with Crippen LogP contribution in [0.15, 0.2) is 73.2 Å². The van der Waals surface area contributed by atoms with Gasteiger partial charge in [0.25, 0.3) is 0 Å². The normalized spacial score (nSPS) is 17.6. The zero-order valence-electron chi connectivity index (χ0n) is 30.5. The number of hydrogen-bond donors (Lipinski definition) is 3. The van der Waals surface area contributed by atoms with Gasteiger partial charge in [0.05, 0.1) is 23.8 Å². The van der Waals surface area contributed by atoms with Gasteiger partial charge in [0.1, 0.15) is 12.3 Å². The van der Waals surface area contributed by atoms with E-state index in [-0.39, 0.29) is 24.3 Å². The topological polar surface area (TPSA) is 161 Å². The zero-order valence-corrected chi connectivity index (χ0v) is 30.5. The van der Waals surface area contributed by atoms with E-state index in [9.17, 15) is 14.4 Å². The fourth-order valence-corrected chi connectivity index (χ4v) is 7.65. The number of hydrogen-bond acceptors (Lipinski definition) is 12. The summed E-state index contributed by atoms with van der Waals surface area (Å²) >= 11 is 0. The van der Waals surface area contributed by atoms with Crippen molar-refractivity contribution in [3.8, 4) is 17.0 Å². The number of aromatic nitrogens is 4. The van der Waals surface area contributed by atoms with E-state index < -0.39 is 0 Å². The Labute approximate surface area is 317 Å². The van der Waals surface area contributed by atoms with Gasteiger partial charge in [-0.25, -0.2) is 19.7 Å². The van der Waals surface area contributed by atoms with Gasteiger partial charge in [-0.2, -0.15) is 0 Å². The molecule has 2 aromatic carbocycles. The summed E-state index contributed by atoms with van der Waals surface area (Å²) in [5.41, 5.74) is 8.18.